The Morgan fingerprint density at radius 1 is 1.30 bits per heavy atom. The van der Waals surface area contributed by atoms with E-state index in [-0.39, 0.29) is 23.3 Å². The zero-order valence-corrected chi connectivity index (χ0v) is 16.6. The molecule has 6 heteroatoms. The number of nitrogens with zero attached hydrogens (tertiary/aromatic N) is 3. The monoisotopic (exact) mass is 370 g/mol. The van der Waals surface area contributed by atoms with Crippen LogP contribution >= 0.6 is 0 Å². The van der Waals surface area contributed by atoms with E-state index >= 15 is 0 Å². The number of nitrogens with one attached hydrogen (secondary N) is 1. The van der Waals surface area contributed by atoms with Gasteiger partial charge in [0.15, 0.2) is 0 Å². The van der Waals surface area contributed by atoms with Crippen molar-refractivity contribution in [1.29, 1.82) is 0 Å². The first kappa shape index (κ1) is 19.3. The molecular formula is C21H27FN4O. The average molecular weight is 370 g/mol. The predicted molar refractivity (Wildman–Crippen MR) is 106 cm³/mol. The number of pyridine rings is 1. The predicted octanol–water partition coefficient (Wildman–Crippen LogP) is 3.64. The van der Waals surface area contributed by atoms with Gasteiger partial charge in [-0.2, -0.15) is 0 Å². The van der Waals surface area contributed by atoms with E-state index in [4.69, 9.17) is 0 Å². The zero-order valence-electron chi connectivity index (χ0n) is 16.6. The van der Waals surface area contributed by atoms with Crippen LogP contribution in [0.3, 0.4) is 0 Å². The van der Waals surface area contributed by atoms with Crippen molar-refractivity contribution < 1.29 is 9.18 Å². The number of benzene rings is 1. The molecule has 2 aromatic rings. The molecule has 144 valence electrons. The maximum absolute atomic E-state index is 14.2. The third kappa shape index (κ3) is 3.81. The van der Waals surface area contributed by atoms with Gasteiger partial charge in [-0.25, -0.2) is 9.18 Å². The van der Waals surface area contributed by atoms with Crippen LogP contribution in [-0.4, -0.2) is 43.1 Å². The van der Waals surface area contributed by atoms with Gasteiger partial charge in [0.05, 0.1) is 17.4 Å². The van der Waals surface area contributed by atoms with Gasteiger partial charge in [0.25, 0.3) is 0 Å². The average Bonchev–Trinajstić information content (AvgIpc) is 2.87. The molecule has 2 heterocycles. The van der Waals surface area contributed by atoms with Crippen LogP contribution in [0.5, 0.6) is 0 Å². The summed E-state index contributed by atoms with van der Waals surface area (Å²) in [5.41, 5.74) is 3.09. The van der Waals surface area contributed by atoms with Crippen LogP contribution in [0.2, 0.25) is 0 Å². The number of aryl methyl sites for hydroxylation is 1. The molecule has 1 unspecified atom stereocenters. The molecule has 1 aromatic heterocycles. The van der Waals surface area contributed by atoms with Crippen molar-refractivity contribution in [3.63, 3.8) is 0 Å². The van der Waals surface area contributed by atoms with E-state index < -0.39 is 0 Å². The summed E-state index contributed by atoms with van der Waals surface area (Å²) >= 11 is 0. The first-order chi connectivity index (χ1) is 12.7. The first-order valence-electron chi connectivity index (χ1n) is 9.15. The SMILES string of the molecule is Cc1ccc2c(n1)C(C)(C)CN2C(=O)NCC(c1ccccc1F)N(C)C. The van der Waals surface area contributed by atoms with Gasteiger partial charge in [-0.05, 0) is 39.2 Å². The van der Waals surface area contributed by atoms with Crippen molar-refractivity contribution in [2.24, 2.45) is 0 Å². The maximum atomic E-state index is 14.2. The third-order valence-corrected chi connectivity index (χ3v) is 5.08. The van der Waals surface area contributed by atoms with Crippen LogP contribution in [0.15, 0.2) is 36.4 Å². The Balaban J connectivity index is 1.77. The number of carbonyl (C=O) groups excluding carboxylic acids is 1. The van der Waals surface area contributed by atoms with Crippen LogP contribution in [0.4, 0.5) is 14.9 Å². The number of carbonyl (C=O) groups is 1. The second kappa shape index (κ2) is 7.27. The summed E-state index contributed by atoms with van der Waals surface area (Å²) in [6, 6.07) is 10.1. The molecule has 5 nitrogen and oxygen atoms in total. The number of likely N-dealkylation sites (N-methyl/N-ethyl adjacent to an activating group) is 1. The summed E-state index contributed by atoms with van der Waals surface area (Å²) in [4.78, 5) is 21.2. The Morgan fingerprint density at radius 2 is 2.00 bits per heavy atom. The third-order valence-electron chi connectivity index (χ3n) is 5.08. The van der Waals surface area contributed by atoms with Crippen molar-refractivity contribution in [2.45, 2.75) is 32.2 Å². The number of fused-ring (bicyclic) bond motifs is 1. The normalized spacial score (nSPS) is 16.3. The summed E-state index contributed by atoms with van der Waals surface area (Å²) in [5, 5.41) is 2.98. The Kier molecular flexibility index (Phi) is 5.20. The van der Waals surface area contributed by atoms with Crippen LogP contribution in [-0.2, 0) is 5.41 Å². The fraction of sp³-hybridized carbons (Fsp3) is 0.429. The van der Waals surface area contributed by atoms with Gasteiger partial charge < -0.3 is 10.2 Å². The summed E-state index contributed by atoms with van der Waals surface area (Å²) in [5.74, 6) is -0.266. The molecule has 0 radical (unpaired) electrons. The van der Waals surface area contributed by atoms with Crippen molar-refractivity contribution in [3.8, 4) is 0 Å². The molecular weight excluding hydrogens is 343 g/mol. The molecule has 1 aromatic carbocycles. The second-order valence-corrected chi connectivity index (χ2v) is 7.98. The lowest BCUT2D eigenvalue weighted by Gasteiger charge is -2.27. The summed E-state index contributed by atoms with van der Waals surface area (Å²) < 4.78 is 14.2. The molecule has 0 saturated heterocycles. The minimum Gasteiger partial charge on any atom is -0.336 e. The van der Waals surface area contributed by atoms with Gasteiger partial charge in [0, 0.05) is 29.8 Å². The minimum atomic E-state index is -0.266. The van der Waals surface area contributed by atoms with E-state index in [1.54, 1.807) is 17.0 Å². The van der Waals surface area contributed by atoms with E-state index in [0.29, 0.717) is 18.7 Å². The van der Waals surface area contributed by atoms with E-state index in [2.05, 4.69) is 24.1 Å². The van der Waals surface area contributed by atoms with Gasteiger partial charge in [-0.3, -0.25) is 9.88 Å². The standard InChI is InChI=1S/C21H27FN4O/c1-14-10-11-17-19(24-14)21(2,3)13-26(17)20(27)23-12-18(25(4)5)15-8-6-7-9-16(15)22/h6-11,18H,12-13H2,1-5H3,(H,23,27). The molecule has 27 heavy (non-hydrogen) atoms. The minimum absolute atomic E-state index is 0.185. The number of hydrogen-bond acceptors (Lipinski definition) is 3. The number of urea groups is 1. The lowest BCUT2D eigenvalue weighted by molar-refractivity contribution is 0.236. The van der Waals surface area contributed by atoms with Crippen LogP contribution in [0, 0.1) is 12.7 Å². The number of aromatic nitrogens is 1. The number of rotatable bonds is 4. The van der Waals surface area contributed by atoms with Gasteiger partial charge in [-0.1, -0.05) is 32.0 Å². The van der Waals surface area contributed by atoms with E-state index in [1.165, 1.54) is 6.07 Å². The lowest BCUT2D eigenvalue weighted by Crippen LogP contribution is -2.44. The van der Waals surface area contributed by atoms with E-state index in [0.717, 1.165) is 17.1 Å². The van der Waals surface area contributed by atoms with Crippen LogP contribution < -0.4 is 10.2 Å². The first-order valence-corrected chi connectivity index (χ1v) is 9.15. The highest BCUT2D eigenvalue weighted by Gasteiger charge is 2.39. The molecule has 1 aliphatic heterocycles. The van der Waals surface area contributed by atoms with Gasteiger partial charge in [-0.15, -0.1) is 0 Å². The van der Waals surface area contributed by atoms with E-state index in [9.17, 15) is 9.18 Å². The molecule has 1 N–H and O–H groups in total. The fourth-order valence-electron chi connectivity index (χ4n) is 3.60. The summed E-state index contributed by atoms with van der Waals surface area (Å²) in [7, 11) is 3.76. The summed E-state index contributed by atoms with van der Waals surface area (Å²) in [6.45, 7) is 7.02. The van der Waals surface area contributed by atoms with Crippen molar-refractivity contribution in [1.82, 2.24) is 15.2 Å². The maximum Gasteiger partial charge on any atom is 0.322 e. The highest BCUT2D eigenvalue weighted by Crippen LogP contribution is 2.39. The number of halogens is 1. The molecule has 0 saturated carbocycles. The topological polar surface area (TPSA) is 48.5 Å². The van der Waals surface area contributed by atoms with Crippen LogP contribution in [0.1, 0.15) is 36.8 Å². The second-order valence-electron chi connectivity index (χ2n) is 7.98. The quantitative estimate of drug-likeness (QED) is 0.894. The number of amides is 2. The fourth-order valence-corrected chi connectivity index (χ4v) is 3.60. The molecule has 0 spiro atoms. The zero-order chi connectivity index (χ0) is 19.8. The molecule has 2 amide bonds. The van der Waals surface area contributed by atoms with Gasteiger partial charge in [0.1, 0.15) is 5.82 Å². The highest BCUT2D eigenvalue weighted by atomic mass is 19.1. The van der Waals surface area contributed by atoms with Crippen molar-refractivity contribution in [2.75, 3.05) is 32.1 Å². The molecule has 0 bridgehead atoms. The molecule has 0 fully saturated rings. The molecule has 0 aliphatic carbocycles. The van der Waals surface area contributed by atoms with E-state index in [1.807, 2.05) is 44.1 Å². The Hall–Kier alpha value is -2.47. The Morgan fingerprint density at radius 3 is 2.67 bits per heavy atom. The highest BCUT2D eigenvalue weighted by molar-refractivity contribution is 5.94. The van der Waals surface area contributed by atoms with Gasteiger partial charge >= 0.3 is 6.03 Å². The van der Waals surface area contributed by atoms with Gasteiger partial charge in [0.2, 0.25) is 0 Å². The van der Waals surface area contributed by atoms with Crippen LogP contribution in [0.25, 0.3) is 0 Å². The number of anilines is 1. The largest absolute Gasteiger partial charge is 0.336 e. The Bertz CT molecular complexity index is 850. The number of hydrogen-bond donors (Lipinski definition) is 1. The summed E-state index contributed by atoms with van der Waals surface area (Å²) in [6.07, 6.45) is 0. The Labute approximate surface area is 160 Å². The smallest absolute Gasteiger partial charge is 0.322 e. The molecule has 1 aliphatic rings. The lowest BCUT2D eigenvalue weighted by atomic mass is 9.91. The molecule has 1 atom stereocenters. The molecule has 3 rings (SSSR count). The van der Waals surface area contributed by atoms with Crippen molar-refractivity contribution >= 4 is 11.7 Å². The van der Waals surface area contributed by atoms with Crippen molar-refractivity contribution in [3.05, 3.63) is 59.2 Å².